The summed E-state index contributed by atoms with van der Waals surface area (Å²) in [5.74, 6) is 0. The van der Waals surface area contributed by atoms with E-state index < -0.39 is 0 Å². The van der Waals surface area contributed by atoms with Gasteiger partial charge >= 0.3 is 0 Å². The molecule has 4 heteroatoms. The summed E-state index contributed by atoms with van der Waals surface area (Å²) >= 11 is 0. The SMILES string of the molecule is CCCCCN1[SiH2]N(CCCCC)C1OCCCC. The van der Waals surface area contributed by atoms with Crippen LogP contribution in [0.15, 0.2) is 0 Å². The third-order valence-electron chi connectivity index (χ3n) is 3.85. The van der Waals surface area contributed by atoms with Crippen molar-refractivity contribution in [2.45, 2.75) is 78.5 Å². The lowest BCUT2D eigenvalue weighted by Gasteiger charge is -2.50. The van der Waals surface area contributed by atoms with Crippen molar-refractivity contribution in [3.63, 3.8) is 0 Å². The third-order valence-corrected chi connectivity index (χ3v) is 5.83. The maximum absolute atomic E-state index is 6.09. The minimum atomic E-state index is -0.163. The van der Waals surface area contributed by atoms with Gasteiger partial charge in [0.15, 0.2) is 16.2 Å². The van der Waals surface area contributed by atoms with Crippen LogP contribution in [0.4, 0.5) is 0 Å². The molecule has 0 atom stereocenters. The summed E-state index contributed by atoms with van der Waals surface area (Å²) in [6, 6.07) is 0. The van der Waals surface area contributed by atoms with Crippen molar-refractivity contribution in [1.82, 2.24) is 9.13 Å². The van der Waals surface area contributed by atoms with Gasteiger partial charge < -0.3 is 4.74 Å². The first kappa shape index (κ1) is 17.1. The van der Waals surface area contributed by atoms with E-state index in [-0.39, 0.29) is 9.84 Å². The van der Waals surface area contributed by atoms with Crippen LogP contribution >= 0.6 is 0 Å². The summed E-state index contributed by atoms with van der Waals surface area (Å²) in [6.07, 6.45) is 10.8. The highest BCUT2D eigenvalue weighted by Crippen LogP contribution is 2.20. The predicted molar refractivity (Wildman–Crippen MR) is 85.7 cm³/mol. The van der Waals surface area contributed by atoms with E-state index in [0.717, 1.165) is 6.61 Å². The summed E-state index contributed by atoms with van der Waals surface area (Å²) in [5.41, 5.74) is 0. The fraction of sp³-hybridized carbons (Fsp3) is 1.00. The van der Waals surface area contributed by atoms with E-state index in [1.54, 1.807) is 0 Å². The van der Waals surface area contributed by atoms with Crippen molar-refractivity contribution in [1.29, 1.82) is 0 Å². The second kappa shape index (κ2) is 10.8. The van der Waals surface area contributed by atoms with E-state index >= 15 is 0 Å². The zero-order valence-electron chi connectivity index (χ0n) is 13.4. The van der Waals surface area contributed by atoms with Gasteiger partial charge in [-0.3, -0.25) is 9.13 Å². The van der Waals surface area contributed by atoms with E-state index in [0.29, 0.717) is 6.35 Å². The minimum Gasteiger partial charge on any atom is -0.351 e. The first-order chi connectivity index (χ1) is 9.33. The van der Waals surface area contributed by atoms with Gasteiger partial charge in [0.1, 0.15) is 0 Å². The highest BCUT2D eigenvalue weighted by atomic mass is 28.2. The molecule has 0 unspecified atom stereocenters. The van der Waals surface area contributed by atoms with Gasteiger partial charge in [0.2, 0.25) is 0 Å². The first-order valence-electron chi connectivity index (χ1n) is 8.43. The maximum Gasteiger partial charge on any atom is 0.179 e. The molecule has 0 aromatic heterocycles. The molecule has 0 spiro atoms. The molecule has 1 aliphatic rings. The van der Waals surface area contributed by atoms with Crippen molar-refractivity contribution < 1.29 is 4.74 Å². The fourth-order valence-corrected chi connectivity index (χ4v) is 4.38. The molecule has 0 N–H and O–H groups in total. The smallest absolute Gasteiger partial charge is 0.179 e. The zero-order valence-corrected chi connectivity index (χ0v) is 14.8. The number of hydrogen-bond acceptors (Lipinski definition) is 3. The van der Waals surface area contributed by atoms with E-state index in [9.17, 15) is 0 Å². The van der Waals surface area contributed by atoms with Crippen LogP contribution in [0.2, 0.25) is 0 Å². The Kier molecular flexibility index (Phi) is 9.78. The molecule has 1 fully saturated rings. The summed E-state index contributed by atoms with van der Waals surface area (Å²) in [5, 5.41) is 0. The molecule has 0 aliphatic carbocycles. The van der Waals surface area contributed by atoms with Crippen molar-refractivity contribution in [2.75, 3.05) is 19.7 Å². The Bertz CT molecular complexity index is 200. The Morgan fingerprint density at radius 2 is 1.32 bits per heavy atom. The Balaban J connectivity index is 2.24. The van der Waals surface area contributed by atoms with Crippen molar-refractivity contribution >= 4 is 9.84 Å². The Morgan fingerprint density at radius 1 is 0.789 bits per heavy atom. The Labute approximate surface area is 122 Å². The lowest BCUT2D eigenvalue weighted by molar-refractivity contribution is -0.135. The standard InChI is InChI=1S/C15H34N2OSi/c1-4-7-10-12-16-15(18-14-9-6-3)17(19-16)13-11-8-5-2/h15H,4-14,19H2,1-3H3. The van der Waals surface area contributed by atoms with E-state index in [4.69, 9.17) is 4.74 Å². The normalized spacial score (nSPS) is 21.9. The van der Waals surface area contributed by atoms with E-state index in [1.165, 1.54) is 64.5 Å². The highest BCUT2D eigenvalue weighted by molar-refractivity contribution is 6.31. The third kappa shape index (κ3) is 6.39. The van der Waals surface area contributed by atoms with Crippen LogP contribution in [0.25, 0.3) is 0 Å². The van der Waals surface area contributed by atoms with Crippen LogP contribution in [0.1, 0.15) is 72.1 Å². The molecule has 3 nitrogen and oxygen atoms in total. The minimum absolute atomic E-state index is 0.163. The van der Waals surface area contributed by atoms with Gasteiger partial charge in [0.25, 0.3) is 0 Å². The quantitative estimate of drug-likeness (QED) is 0.405. The molecule has 0 amide bonds. The second-order valence-electron chi connectivity index (χ2n) is 5.73. The summed E-state index contributed by atoms with van der Waals surface area (Å²) in [4.78, 5) is 0. The summed E-state index contributed by atoms with van der Waals surface area (Å²) in [6.45, 7) is 10.3. The molecule has 114 valence electrons. The number of rotatable bonds is 12. The first-order valence-corrected chi connectivity index (χ1v) is 9.69. The molecule has 1 rings (SSSR count). The summed E-state index contributed by atoms with van der Waals surface area (Å²) in [7, 11) is -0.163. The van der Waals surface area contributed by atoms with Gasteiger partial charge in [-0.1, -0.05) is 52.9 Å². The van der Waals surface area contributed by atoms with Crippen molar-refractivity contribution in [3.8, 4) is 0 Å². The van der Waals surface area contributed by atoms with Gasteiger partial charge in [0.05, 0.1) is 6.61 Å². The number of unbranched alkanes of at least 4 members (excludes halogenated alkanes) is 5. The molecule has 1 heterocycles. The number of hydrogen-bond donors (Lipinski definition) is 0. The van der Waals surface area contributed by atoms with Crippen LogP contribution in [-0.4, -0.2) is 45.0 Å². The van der Waals surface area contributed by atoms with Crippen LogP contribution in [0.3, 0.4) is 0 Å². The number of ether oxygens (including phenoxy) is 1. The highest BCUT2D eigenvalue weighted by Gasteiger charge is 2.36. The van der Waals surface area contributed by atoms with E-state index in [1.807, 2.05) is 0 Å². The largest absolute Gasteiger partial charge is 0.351 e. The summed E-state index contributed by atoms with van der Waals surface area (Å²) < 4.78 is 11.4. The van der Waals surface area contributed by atoms with Gasteiger partial charge in [-0.25, -0.2) is 0 Å². The average molecular weight is 287 g/mol. The predicted octanol–water partition coefficient (Wildman–Crippen LogP) is 3.08. The van der Waals surface area contributed by atoms with Gasteiger partial charge in [-0.15, -0.1) is 0 Å². The molecular weight excluding hydrogens is 252 g/mol. The van der Waals surface area contributed by atoms with E-state index in [2.05, 4.69) is 29.9 Å². The molecule has 19 heavy (non-hydrogen) atoms. The monoisotopic (exact) mass is 286 g/mol. The van der Waals surface area contributed by atoms with Gasteiger partial charge in [-0.05, 0) is 32.4 Å². The Hall–Kier alpha value is 0.0969. The lowest BCUT2D eigenvalue weighted by atomic mass is 10.2. The van der Waals surface area contributed by atoms with Crippen molar-refractivity contribution in [2.24, 2.45) is 0 Å². The molecule has 0 aromatic carbocycles. The maximum atomic E-state index is 6.09. The molecule has 1 saturated heterocycles. The average Bonchev–Trinajstić information content (AvgIpc) is 2.41. The molecule has 1 aliphatic heterocycles. The zero-order chi connectivity index (χ0) is 13.9. The molecule has 0 saturated carbocycles. The molecule has 0 bridgehead atoms. The van der Waals surface area contributed by atoms with Gasteiger partial charge in [-0.2, -0.15) is 0 Å². The lowest BCUT2D eigenvalue weighted by Crippen LogP contribution is -2.67. The topological polar surface area (TPSA) is 15.7 Å². The van der Waals surface area contributed by atoms with Crippen molar-refractivity contribution in [3.05, 3.63) is 0 Å². The van der Waals surface area contributed by atoms with Crippen LogP contribution in [-0.2, 0) is 4.74 Å². The molecular formula is C15H34N2OSi. The fourth-order valence-electron chi connectivity index (χ4n) is 2.54. The second-order valence-corrected chi connectivity index (χ2v) is 7.64. The Morgan fingerprint density at radius 3 is 1.79 bits per heavy atom. The van der Waals surface area contributed by atoms with Crippen LogP contribution in [0, 0.1) is 0 Å². The van der Waals surface area contributed by atoms with Crippen LogP contribution in [0.5, 0.6) is 0 Å². The number of nitrogens with zero attached hydrogens (tertiary/aromatic N) is 2. The van der Waals surface area contributed by atoms with Crippen LogP contribution < -0.4 is 0 Å². The molecule has 0 radical (unpaired) electrons. The molecule has 0 aromatic rings. The van der Waals surface area contributed by atoms with Gasteiger partial charge in [0, 0.05) is 0 Å².